The highest BCUT2D eigenvalue weighted by Crippen LogP contribution is 2.23. The second kappa shape index (κ2) is 8.50. The predicted molar refractivity (Wildman–Crippen MR) is 111 cm³/mol. The van der Waals surface area contributed by atoms with Gasteiger partial charge in [-0.15, -0.1) is 0 Å². The Labute approximate surface area is 174 Å². The van der Waals surface area contributed by atoms with E-state index in [-0.39, 0.29) is 27.1 Å². The number of nitro benzene ring substituents is 1. The molecule has 0 fully saturated rings. The molecular weight excluding hydrogens is 434 g/mol. The van der Waals surface area contributed by atoms with Crippen molar-refractivity contribution in [2.75, 3.05) is 18.6 Å². The maximum Gasteiger partial charge on any atom is 0.271 e. The monoisotopic (exact) mass is 455 g/mol. The number of carbonyl (C=O) groups is 1. The fourth-order valence-electron chi connectivity index (χ4n) is 2.39. The molecule has 2 aromatic carbocycles. The molecule has 0 saturated heterocycles. The van der Waals surface area contributed by atoms with Crippen LogP contribution in [0.4, 0.5) is 11.4 Å². The van der Waals surface area contributed by atoms with Crippen LogP contribution in [0, 0.1) is 10.1 Å². The summed E-state index contributed by atoms with van der Waals surface area (Å²) in [4.78, 5) is 22.4. The molecular formula is C18H21N3O7S2. The minimum Gasteiger partial charge on any atom is -0.322 e. The lowest BCUT2D eigenvalue weighted by Gasteiger charge is -2.21. The van der Waals surface area contributed by atoms with Crippen LogP contribution >= 0.6 is 0 Å². The van der Waals surface area contributed by atoms with Gasteiger partial charge in [0.25, 0.3) is 11.6 Å². The van der Waals surface area contributed by atoms with Crippen molar-refractivity contribution in [2.45, 2.75) is 29.7 Å². The smallest absolute Gasteiger partial charge is 0.271 e. The van der Waals surface area contributed by atoms with Crippen LogP contribution in [-0.4, -0.2) is 51.3 Å². The minimum absolute atomic E-state index is 0.0337. The van der Waals surface area contributed by atoms with E-state index in [9.17, 15) is 31.7 Å². The molecule has 0 aliphatic heterocycles. The molecule has 0 heterocycles. The van der Waals surface area contributed by atoms with Crippen molar-refractivity contribution in [3.8, 4) is 0 Å². The molecule has 0 atom stereocenters. The molecule has 0 aliphatic carbocycles. The first-order chi connectivity index (χ1) is 13.7. The van der Waals surface area contributed by atoms with Gasteiger partial charge in [-0.05, 0) is 44.2 Å². The van der Waals surface area contributed by atoms with E-state index in [1.54, 1.807) is 13.8 Å². The Balaban J connectivity index is 2.33. The lowest BCUT2D eigenvalue weighted by Crippen LogP contribution is -2.33. The van der Waals surface area contributed by atoms with Crippen LogP contribution in [0.25, 0.3) is 0 Å². The second-order valence-electron chi connectivity index (χ2n) is 6.84. The summed E-state index contributed by atoms with van der Waals surface area (Å²) in [6.07, 6.45) is 0.876. The fourth-order valence-corrected chi connectivity index (χ4v) is 4.43. The number of hydrogen-bond acceptors (Lipinski definition) is 7. The standard InChI is InChI=1S/C18H21N3O7S2/c1-12(2)20(3)30(27,28)16-7-5-14(6-8-16)19-18(22)13-9-15(21(23)24)11-17(10-13)29(4,25)26/h5-12H,1-4H3,(H,19,22). The van der Waals surface area contributed by atoms with Gasteiger partial charge in [0.05, 0.1) is 14.7 Å². The van der Waals surface area contributed by atoms with E-state index < -0.39 is 36.4 Å². The quantitative estimate of drug-likeness (QED) is 0.498. The van der Waals surface area contributed by atoms with Crippen molar-refractivity contribution in [1.82, 2.24) is 4.31 Å². The second-order valence-corrected chi connectivity index (χ2v) is 10.9. The number of benzene rings is 2. The van der Waals surface area contributed by atoms with Crippen LogP contribution in [0.2, 0.25) is 0 Å². The zero-order chi connectivity index (χ0) is 22.9. The molecule has 0 spiro atoms. The van der Waals surface area contributed by atoms with E-state index in [4.69, 9.17) is 0 Å². The van der Waals surface area contributed by atoms with Gasteiger partial charge in [0.2, 0.25) is 10.0 Å². The Kier molecular flexibility index (Phi) is 6.64. The van der Waals surface area contributed by atoms with Gasteiger partial charge in [0, 0.05) is 42.7 Å². The van der Waals surface area contributed by atoms with E-state index in [2.05, 4.69) is 5.32 Å². The normalized spacial score (nSPS) is 12.2. The summed E-state index contributed by atoms with van der Waals surface area (Å²) in [5.41, 5.74) is -0.527. The molecule has 2 aromatic rings. The molecule has 30 heavy (non-hydrogen) atoms. The third kappa shape index (κ3) is 5.20. The molecule has 0 unspecified atom stereocenters. The van der Waals surface area contributed by atoms with Crippen LogP contribution in [0.5, 0.6) is 0 Å². The number of carbonyl (C=O) groups excluding carboxylic acids is 1. The van der Waals surface area contributed by atoms with E-state index in [1.807, 2.05) is 0 Å². The number of sulfone groups is 1. The molecule has 12 heteroatoms. The van der Waals surface area contributed by atoms with Crippen LogP contribution in [0.3, 0.4) is 0 Å². The van der Waals surface area contributed by atoms with Gasteiger partial charge in [-0.3, -0.25) is 14.9 Å². The zero-order valence-electron chi connectivity index (χ0n) is 16.7. The molecule has 0 aliphatic rings. The molecule has 0 saturated carbocycles. The van der Waals surface area contributed by atoms with Gasteiger partial charge < -0.3 is 5.32 Å². The lowest BCUT2D eigenvalue weighted by atomic mass is 10.2. The van der Waals surface area contributed by atoms with Crippen LogP contribution in [-0.2, 0) is 19.9 Å². The zero-order valence-corrected chi connectivity index (χ0v) is 18.3. The highest BCUT2D eigenvalue weighted by atomic mass is 32.2. The van der Waals surface area contributed by atoms with Crippen molar-refractivity contribution >= 4 is 37.1 Å². The number of nitrogens with one attached hydrogen (secondary N) is 1. The van der Waals surface area contributed by atoms with Crippen LogP contribution in [0.15, 0.2) is 52.3 Å². The third-order valence-corrected chi connectivity index (χ3v) is 7.45. The van der Waals surface area contributed by atoms with Crippen LogP contribution < -0.4 is 5.32 Å². The van der Waals surface area contributed by atoms with Crippen molar-refractivity contribution in [3.63, 3.8) is 0 Å². The van der Waals surface area contributed by atoms with Gasteiger partial charge in [0.15, 0.2) is 9.84 Å². The van der Waals surface area contributed by atoms with Gasteiger partial charge in [-0.2, -0.15) is 4.31 Å². The Morgan fingerprint density at radius 2 is 1.60 bits per heavy atom. The molecule has 10 nitrogen and oxygen atoms in total. The first-order valence-electron chi connectivity index (χ1n) is 8.62. The van der Waals surface area contributed by atoms with E-state index in [0.29, 0.717) is 0 Å². The van der Waals surface area contributed by atoms with Gasteiger partial charge in [-0.25, -0.2) is 16.8 Å². The summed E-state index contributed by atoms with van der Waals surface area (Å²) < 4.78 is 49.7. The predicted octanol–water partition coefficient (Wildman–Crippen LogP) is 2.28. The van der Waals surface area contributed by atoms with Crippen LogP contribution in [0.1, 0.15) is 24.2 Å². The number of sulfonamides is 1. The van der Waals surface area contributed by atoms with Gasteiger partial charge in [0.1, 0.15) is 0 Å². The summed E-state index contributed by atoms with van der Waals surface area (Å²) >= 11 is 0. The number of nitro groups is 1. The number of anilines is 1. The molecule has 2 rings (SSSR count). The van der Waals surface area contributed by atoms with Crippen molar-refractivity contribution < 1.29 is 26.6 Å². The minimum atomic E-state index is -3.78. The molecule has 162 valence electrons. The van der Waals surface area contributed by atoms with Crippen molar-refractivity contribution in [1.29, 1.82) is 0 Å². The first-order valence-corrected chi connectivity index (χ1v) is 12.0. The molecule has 0 aromatic heterocycles. The highest BCUT2D eigenvalue weighted by molar-refractivity contribution is 7.90. The van der Waals surface area contributed by atoms with Gasteiger partial charge >= 0.3 is 0 Å². The molecule has 1 N–H and O–H groups in total. The number of nitrogens with zero attached hydrogens (tertiary/aromatic N) is 2. The number of non-ortho nitro benzene ring substituents is 1. The molecule has 1 amide bonds. The Hall–Kier alpha value is -2.83. The average molecular weight is 456 g/mol. The lowest BCUT2D eigenvalue weighted by molar-refractivity contribution is -0.385. The Morgan fingerprint density at radius 1 is 1.03 bits per heavy atom. The molecule has 0 bridgehead atoms. The summed E-state index contributed by atoms with van der Waals surface area (Å²) in [7, 11) is -6.02. The topological polar surface area (TPSA) is 144 Å². The summed E-state index contributed by atoms with van der Waals surface area (Å²) in [5, 5.41) is 13.5. The van der Waals surface area contributed by atoms with E-state index in [1.165, 1.54) is 35.6 Å². The number of hydrogen-bond donors (Lipinski definition) is 1. The summed E-state index contributed by atoms with van der Waals surface area (Å²) in [6, 6.07) is 8.00. The average Bonchev–Trinajstić information content (AvgIpc) is 2.66. The highest BCUT2D eigenvalue weighted by Gasteiger charge is 2.23. The van der Waals surface area contributed by atoms with E-state index >= 15 is 0 Å². The fraction of sp³-hybridized carbons (Fsp3) is 0.278. The Morgan fingerprint density at radius 3 is 2.07 bits per heavy atom. The van der Waals surface area contributed by atoms with E-state index in [0.717, 1.165) is 24.5 Å². The third-order valence-electron chi connectivity index (χ3n) is 4.31. The largest absolute Gasteiger partial charge is 0.322 e. The SMILES string of the molecule is CC(C)N(C)S(=O)(=O)c1ccc(NC(=O)c2cc([N+](=O)[O-])cc(S(C)(=O)=O)c2)cc1. The van der Waals surface area contributed by atoms with Crippen molar-refractivity contribution in [2.24, 2.45) is 0 Å². The number of rotatable bonds is 7. The molecule has 0 radical (unpaired) electrons. The summed E-state index contributed by atoms with van der Waals surface area (Å²) in [5.74, 6) is -0.779. The summed E-state index contributed by atoms with van der Waals surface area (Å²) in [6.45, 7) is 3.46. The first kappa shape index (κ1) is 23.4. The van der Waals surface area contributed by atoms with Gasteiger partial charge in [-0.1, -0.05) is 0 Å². The Bertz CT molecular complexity index is 1190. The maximum atomic E-state index is 12.5. The maximum absolute atomic E-state index is 12.5. The van der Waals surface area contributed by atoms with Crippen molar-refractivity contribution in [3.05, 3.63) is 58.1 Å². The number of amides is 1.